The maximum atomic E-state index is 5.69. The molecule has 5 heteroatoms. The minimum absolute atomic E-state index is 0.351. The SMILES string of the molecule is COc1ccc(OCc2ccno2)c(CCN)c1. The van der Waals surface area contributed by atoms with Crippen LogP contribution in [-0.2, 0) is 13.0 Å². The molecule has 1 aromatic carbocycles. The zero-order chi connectivity index (χ0) is 12.8. The lowest BCUT2D eigenvalue weighted by atomic mass is 10.1. The van der Waals surface area contributed by atoms with E-state index in [1.165, 1.54) is 0 Å². The van der Waals surface area contributed by atoms with Gasteiger partial charge in [-0.05, 0) is 36.7 Å². The van der Waals surface area contributed by atoms with Crippen molar-refractivity contribution in [3.05, 3.63) is 41.8 Å². The van der Waals surface area contributed by atoms with Gasteiger partial charge in [0.05, 0.1) is 13.3 Å². The first-order valence-corrected chi connectivity index (χ1v) is 5.73. The predicted molar refractivity (Wildman–Crippen MR) is 66.6 cm³/mol. The predicted octanol–water partition coefficient (Wildman–Crippen LogP) is 1.76. The quantitative estimate of drug-likeness (QED) is 0.843. The van der Waals surface area contributed by atoms with Gasteiger partial charge in [-0.15, -0.1) is 0 Å². The number of hydrogen-bond acceptors (Lipinski definition) is 5. The number of methoxy groups -OCH3 is 1. The third-order valence-corrected chi connectivity index (χ3v) is 2.54. The molecule has 5 nitrogen and oxygen atoms in total. The van der Waals surface area contributed by atoms with Crippen LogP contribution in [0.25, 0.3) is 0 Å². The summed E-state index contributed by atoms with van der Waals surface area (Å²) in [4.78, 5) is 0. The Morgan fingerprint density at radius 1 is 1.33 bits per heavy atom. The van der Waals surface area contributed by atoms with Crippen molar-refractivity contribution in [2.24, 2.45) is 5.73 Å². The Morgan fingerprint density at radius 2 is 2.22 bits per heavy atom. The Morgan fingerprint density at radius 3 is 2.89 bits per heavy atom. The van der Waals surface area contributed by atoms with Crippen molar-refractivity contribution >= 4 is 0 Å². The van der Waals surface area contributed by atoms with E-state index < -0.39 is 0 Å². The number of nitrogens with two attached hydrogens (primary N) is 1. The fourth-order valence-electron chi connectivity index (χ4n) is 1.64. The molecule has 0 unspecified atom stereocenters. The van der Waals surface area contributed by atoms with Crippen molar-refractivity contribution in [1.29, 1.82) is 0 Å². The van der Waals surface area contributed by atoms with Crippen molar-refractivity contribution < 1.29 is 14.0 Å². The topological polar surface area (TPSA) is 70.5 Å². The molecule has 0 aliphatic rings. The molecule has 0 bridgehead atoms. The molecule has 0 aliphatic carbocycles. The van der Waals surface area contributed by atoms with Crippen molar-refractivity contribution in [2.75, 3.05) is 13.7 Å². The van der Waals surface area contributed by atoms with Gasteiger partial charge < -0.3 is 19.7 Å². The van der Waals surface area contributed by atoms with Gasteiger partial charge in [0, 0.05) is 6.07 Å². The van der Waals surface area contributed by atoms with E-state index in [0.29, 0.717) is 18.9 Å². The fraction of sp³-hybridized carbons (Fsp3) is 0.308. The van der Waals surface area contributed by atoms with E-state index in [0.717, 1.165) is 23.5 Å². The van der Waals surface area contributed by atoms with Crippen molar-refractivity contribution in [3.8, 4) is 11.5 Å². The standard InChI is InChI=1S/C13H16N2O3/c1-16-11-2-3-13(10(8-11)4-6-14)17-9-12-5-7-15-18-12/h2-3,5,7-8H,4,6,9,14H2,1H3. The number of ether oxygens (including phenoxy) is 2. The van der Waals surface area contributed by atoms with Crippen LogP contribution in [0.4, 0.5) is 0 Å². The number of benzene rings is 1. The lowest BCUT2D eigenvalue weighted by Gasteiger charge is -2.11. The van der Waals surface area contributed by atoms with Crippen molar-refractivity contribution in [1.82, 2.24) is 5.16 Å². The van der Waals surface area contributed by atoms with E-state index in [1.54, 1.807) is 19.4 Å². The molecule has 2 N–H and O–H groups in total. The molecule has 0 saturated carbocycles. The van der Waals surface area contributed by atoms with E-state index in [4.69, 9.17) is 19.7 Å². The molecule has 0 spiro atoms. The van der Waals surface area contributed by atoms with Gasteiger partial charge in [0.1, 0.15) is 18.1 Å². The van der Waals surface area contributed by atoms with Crippen LogP contribution in [-0.4, -0.2) is 18.8 Å². The average Bonchev–Trinajstić information content (AvgIpc) is 2.90. The summed E-state index contributed by atoms with van der Waals surface area (Å²) in [5, 5.41) is 3.63. The molecule has 1 heterocycles. The smallest absolute Gasteiger partial charge is 0.174 e. The number of aromatic nitrogens is 1. The van der Waals surface area contributed by atoms with Gasteiger partial charge in [-0.25, -0.2) is 0 Å². The molecule has 96 valence electrons. The Kier molecular flexibility index (Phi) is 4.20. The molecule has 18 heavy (non-hydrogen) atoms. The molecule has 0 atom stereocenters. The van der Waals surface area contributed by atoms with Crippen LogP contribution >= 0.6 is 0 Å². The summed E-state index contributed by atoms with van der Waals surface area (Å²) in [7, 11) is 1.64. The second-order valence-electron chi connectivity index (χ2n) is 3.78. The van der Waals surface area contributed by atoms with Crippen LogP contribution in [0.3, 0.4) is 0 Å². The number of nitrogens with zero attached hydrogens (tertiary/aromatic N) is 1. The van der Waals surface area contributed by atoms with Crippen LogP contribution in [0.1, 0.15) is 11.3 Å². The molecular weight excluding hydrogens is 232 g/mol. The monoisotopic (exact) mass is 248 g/mol. The minimum atomic E-state index is 0.351. The highest BCUT2D eigenvalue weighted by Crippen LogP contribution is 2.25. The number of hydrogen-bond donors (Lipinski definition) is 1. The van der Waals surface area contributed by atoms with E-state index in [9.17, 15) is 0 Å². The molecule has 0 radical (unpaired) electrons. The lowest BCUT2D eigenvalue weighted by molar-refractivity contribution is 0.247. The van der Waals surface area contributed by atoms with Gasteiger partial charge in [-0.1, -0.05) is 5.16 Å². The van der Waals surface area contributed by atoms with E-state index in [2.05, 4.69) is 5.16 Å². The maximum Gasteiger partial charge on any atom is 0.174 e. The Balaban J connectivity index is 2.10. The normalized spacial score (nSPS) is 10.3. The first kappa shape index (κ1) is 12.4. The largest absolute Gasteiger partial charge is 0.497 e. The highest BCUT2D eigenvalue weighted by Gasteiger charge is 2.06. The first-order chi connectivity index (χ1) is 8.83. The van der Waals surface area contributed by atoms with Gasteiger partial charge in [-0.3, -0.25) is 0 Å². The summed E-state index contributed by atoms with van der Waals surface area (Å²) in [6, 6.07) is 7.44. The lowest BCUT2D eigenvalue weighted by Crippen LogP contribution is -2.05. The average molecular weight is 248 g/mol. The molecular formula is C13H16N2O3. The molecule has 2 rings (SSSR count). The Hall–Kier alpha value is -2.01. The van der Waals surface area contributed by atoms with Crippen LogP contribution in [0.2, 0.25) is 0 Å². The van der Waals surface area contributed by atoms with Gasteiger partial charge in [-0.2, -0.15) is 0 Å². The van der Waals surface area contributed by atoms with Gasteiger partial charge in [0.2, 0.25) is 0 Å². The molecule has 0 saturated heterocycles. The van der Waals surface area contributed by atoms with Crippen LogP contribution in [0.15, 0.2) is 35.0 Å². The highest BCUT2D eigenvalue weighted by molar-refractivity contribution is 5.40. The maximum absolute atomic E-state index is 5.69. The molecule has 2 aromatic rings. The number of rotatable bonds is 6. The summed E-state index contributed by atoms with van der Waals surface area (Å²) in [5.41, 5.74) is 6.61. The van der Waals surface area contributed by atoms with E-state index in [1.807, 2.05) is 18.2 Å². The molecule has 0 fully saturated rings. The molecule has 1 aromatic heterocycles. The van der Waals surface area contributed by atoms with Gasteiger partial charge in [0.15, 0.2) is 5.76 Å². The summed E-state index contributed by atoms with van der Waals surface area (Å²) in [6.07, 6.45) is 2.33. The van der Waals surface area contributed by atoms with Crippen LogP contribution < -0.4 is 15.2 Å². The van der Waals surface area contributed by atoms with Crippen molar-refractivity contribution in [2.45, 2.75) is 13.0 Å². The highest BCUT2D eigenvalue weighted by atomic mass is 16.5. The van der Waals surface area contributed by atoms with Crippen molar-refractivity contribution in [3.63, 3.8) is 0 Å². The third-order valence-electron chi connectivity index (χ3n) is 2.54. The summed E-state index contributed by atoms with van der Waals surface area (Å²) in [5.74, 6) is 2.27. The molecule has 0 amide bonds. The third kappa shape index (κ3) is 3.01. The zero-order valence-electron chi connectivity index (χ0n) is 10.3. The molecule has 0 aliphatic heterocycles. The Bertz CT molecular complexity index is 483. The van der Waals surface area contributed by atoms with E-state index in [-0.39, 0.29) is 0 Å². The van der Waals surface area contributed by atoms with E-state index >= 15 is 0 Å². The summed E-state index contributed by atoms with van der Waals surface area (Å²) >= 11 is 0. The zero-order valence-corrected chi connectivity index (χ0v) is 10.3. The minimum Gasteiger partial charge on any atom is -0.497 e. The Labute approximate surface area is 105 Å². The fourth-order valence-corrected chi connectivity index (χ4v) is 1.64. The van der Waals surface area contributed by atoms with Crippen LogP contribution in [0, 0.1) is 0 Å². The summed E-state index contributed by atoms with van der Waals surface area (Å²) < 4.78 is 15.8. The second-order valence-corrected chi connectivity index (χ2v) is 3.78. The summed E-state index contributed by atoms with van der Waals surface area (Å²) in [6.45, 7) is 0.912. The second kappa shape index (κ2) is 6.07. The van der Waals surface area contributed by atoms with Gasteiger partial charge >= 0.3 is 0 Å². The van der Waals surface area contributed by atoms with Crippen LogP contribution in [0.5, 0.6) is 11.5 Å². The first-order valence-electron chi connectivity index (χ1n) is 5.73. The van der Waals surface area contributed by atoms with Gasteiger partial charge in [0.25, 0.3) is 0 Å².